The van der Waals surface area contributed by atoms with Crippen molar-refractivity contribution in [1.82, 2.24) is 14.8 Å². The van der Waals surface area contributed by atoms with Gasteiger partial charge in [-0.2, -0.15) is 0 Å². The first kappa shape index (κ1) is 18.1. The molecule has 0 radical (unpaired) electrons. The number of urea groups is 1. The highest BCUT2D eigenvalue weighted by Crippen LogP contribution is 2.34. The summed E-state index contributed by atoms with van der Waals surface area (Å²) < 4.78 is 7.79. The Labute approximate surface area is 143 Å². The molecule has 1 fully saturated rings. The lowest BCUT2D eigenvalue weighted by Crippen LogP contribution is -2.43. The second-order valence-electron chi connectivity index (χ2n) is 7.51. The lowest BCUT2D eigenvalue weighted by atomic mass is 9.81. The Hall–Kier alpha value is -1.20. The van der Waals surface area contributed by atoms with Crippen molar-refractivity contribution in [1.29, 1.82) is 0 Å². The number of aryl methyl sites for hydroxylation is 1. The summed E-state index contributed by atoms with van der Waals surface area (Å²) in [5.41, 5.74) is 1.10. The molecule has 2 atom stereocenters. The highest BCUT2D eigenvalue weighted by Gasteiger charge is 2.37. The molecule has 0 saturated carbocycles. The topological polar surface area (TPSA) is 46.5 Å². The zero-order chi connectivity index (χ0) is 17.2. The van der Waals surface area contributed by atoms with Crippen LogP contribution in [0.5, 0.6) is 0 Å². The van der Waals surface area contributed by atoms with Crippen LogP contribution in [0.25, 0.3) is 0 Å². The fourth-order valence-electron chi connectivity index (χ4n) is 3.19. The fourth-order valence-corrected chi connectivity index (χ4v) is 3.46. The fraction of sp³-hybridized carbons (Fsp3) is 0.706. The van der Waals surface area contributed by atoms with Crippen LogP contribution < -0.4 is 5.32 Å². The lowest BCUT2D eigenvalue weighted by Gasteiger charge is -2.31. The van der Waals surface area contributed by atoms with Gasteiger partial charge >= 0.3 is 6.03 Å². The van der Waals surface area contributed by atoms with E-state index in [1.807, 2.05) is 23.9 Å². The number of aromatic nitrogens is 1. The van der Waals surface area contributed by atoms with Crippen molar-refractivity contribution in [3.05, 3.63) is 23.0 Å². The van der Waals surface area contributed by atoms with E-state index in [0.29, 0.717) is 24.0 Å². The van der Waals surface area contributed by atoms with Crippen molar-refractivity contribution < 1.29 is 9.53 Å². The molecule has 2 heterocycles. The minimum absolute atomic E-state index is 0.0677. The first-order chi connectivity index (χ1) is 10.7. The Morgan fingerprint density at radius 3 is 2.78 bits per heavy atom. The molecule has 5 nitrogen and oxygen atoms in total. The summed E-state index contributed by atoms with van der Waals surface area (Å²) in [4.78, 5) is 14.0. The van der Waals surface area contributed by atoms with Crippen LogP contribution in [0.2, 0.25) is 5.02 Å². The summed E-state index contributed by atoms with van der Waals surface area (Å²) in [7, 11) is 3.72. The second-order valence-corrected chi connectivity index (χ2v) is 7.95. The summed E-state index contributed by atoms with van der Waals surface area (Å²) in [5.74, 6) is 0.372. The smallest absolute Gasteiger partial charge is 0.317 e. The van der Waals surface area contributed by atoms with Crippen LogP contribution in [-0.4, -0.2) is 41.8 Å². The molecule has 1 saturated heterocycles. The molecular formula is C17H28ClN3O2. The molecule has 0 unspecified atom stereocenters. The largest absolute Gasteiger partial charge is 0.377 e. The molecular weight excluding hydrogens is 314 g/mol. The van der Waals surface area contributed by atoms with Crippen molar-refractivity contribution in [3.63, 3.8) is 0 Å². The van der Waals surface area contributed by atoms with Crippen molar-refractivity contribution in [3.8, 4) is 0 Å². The van der Waals surface area contributed by atoms with Crippen molar-refractivity contribution in [2.24, 2.45) is 18.4 Å². The summed E-state index contributed by atoms with van der Waals surface area (Å²) >= 11 is 5.98. The minimum Gasteiger partial charge on any atom is -0.377 e. The van der Waals surface area contributed by atoms with Crippen molar-refractivity contribution in [2.45, 2.75) is 39.8 Å². The molecule has 2 rings (SSSR count). The molecule has 0 aliphatic carbocycles. The number of nitrogens with one attached hydrogen (secondary N) is 1. The number of halogens is 1. The van der Waals surface area contributed by atoms with Crippen molar-refractivity contribution >= 4 is 17.6 Å². The van der Waals surface area contributed by atoms with Crippen LogP contribution >= 0.6 is 11.6 Å². The molecule has 0 aromatic carbocycles. The van der Waals surface area contributed by atoms with Gasteiger partial charge in [0.1, 0.15) is 0 Å². The standard InChI is InChI=1S/C17H28ClN3O2/c1-17(2,3)15-12(6-7-23-15)9-19-16(22)21(5)11-14-8-13(18)10-20(14)4/h8,10,12,15H,6-7,9,11H2,1-5H3,(H,19,22)/t12-,15+/m1/s1. The Kier molecular flexibility index (Phi) is 5.63. The molecule has 1 aliphatic heterocycles. The van der Waals surface area contributed by atoms with E-state index in [1.54, 1.807) is 11.9 Å². The zero-order valence-electron chi connectivity index (χ0n) is 14.7. The summed E-state index contributed by atoms with van der Waals surface area (Å²) in [5, 5.41) is 3.73. The molecule has 23 heavy (non-hydrogen) atoms. The molecule has 1 aromatic heterocycles. The van der Waals surface area contributed by atoms with Gasteiger partial charge in [-0.05, 0) is 17.9 Å². The third-order valence-corrected chi connectivity index (χ3v) is 4.61. The first-order valence-electron chi connectivity index (χ1n) is 8.10. The predicted molar refractivity (Wildman–Crippen MR) is 92.6 cm³/mol. The van der Waals surface area contributed by atoms with E-state index in [9.17, 15) is 4.79 Å². The first-order valence-corrected chi connectivity index (χ1v) is 8.47. The monoisotopic (exact) mass is 341 g/mol. The molecule has 130 valence electrons. The highest BCUT2D eigenvalue weighted by molar-refractivity contribution is 6.30. The van der Waals surface area contributed by atoms with Gasteiger partial charge in [0.2, 0.25) is 0 Å². The lowest BCUT2D eigenvalue weighted by molar-refractivity contribution is 0.00757. The van der Waals surface area contributed by atoms with Gasteiger partial charge in [0.15, 0.2) is 0 Å². The second kappa shape index (κ2) is 7.14. The van der Waals surface area contributed by atoms with Crippen LogP contribution in [0.1, 0.15) is 32.9 Å². The van der Waals surface area contributed by atoms with Crippen LogP contribution in [-0.2, 0) is 18.3 Å². The van der Waals surface area contributed by atoms with Crippen LogP contribution in [0.15, 0.2) is 12.3 Å². The Morgan fingerprint density at radius 2 is 2.22 bits per heavy atom. The summed E-state index contributed by atoms with van der Waals surface area (Å²) in [6, 6.07) is 1.81. The predicted octanol–water partition coefficient (Wildman–Crippen LogP) is 3.27. The number of ether oxygens (including phenoxy) is 1. The number of amides is 2. The van der Waals surface area contributed by atoms with E-state index in [0.717, 1.165) is 18.7 Å². The van der Waals surface area contributed by atoms with Gasteiger partial charge in [-0.15, -0.1) is 0 Å². The number of hydrogen-bond acceptors (Lipinski definition) is 2. The normalized spacial score (nSPS) is 21.5. The Bertz CT molecular complexity index is 551. The van der Waals surface area contributed by atoms with Gasteiger partial charge in [-0.25, -0.2) is 4.79 Å². The van der Waals surface area contributed by atoms with E-state index < -0.39 is 0 Å². The van der Waals surface area contributed by atoms with Gasteiger partial charge in [0.25, 0.3) is 0 Å². The number of carbonyl (C=O) groups is 1. The summed E-state index contributed by atoms with van der Waals surface area (Å²) in [6.45, 7) is 8.51. The third-order valence-electron chi connectivity index (χ3n) is 4.40. The molecule has 1 aromatic rings. The molecule has 1 aliphatic rings. The van der Waals surface area contributed by atoms with Gasteiger partial charge in [0, 0.05) is 45.1 Å². The van der Waals surface area contributed by atoms with Gasteiger partial charge in [-0.3, -0.25) is 0 Å². The van der Waals surface area contributed by atoms with E-state index in [2.05, 4.69) is 26.1 Å². The van der Waals surface area contributed by atoms with E-state index in [4.69, 9.17) is 16.3 Å². The third kappa shape index (κ3) is 4.64. The molecule has 0 spiro atoms. The molecule has 2 amide bonds. The SMILES string of the molecule is CN(Cc1cc(Cl)cn1C)C(=O)NC[C@H]1CCO[C@@H]1C(C)(C)C. The molecule has 6 heteroatoms. The van der Waals surface area contributed by atoms with E-state index >= 15 is 0 Å². The quantitative estimate of drug-likeness (QED) is 0.913. The van der Waals surface area contributed by atoms with Gasteiger partial charge < -0.3 is 19.5 Å². The van der Waals surface area contributed by atoms with E-state index in [-0.39, 0.29) is 17.6 Å². The van der Waals surface area contributed by atoms with Crippen LogP contribution in [0.3, 0.4) is 0 Å². The number of hydrogen-bond donors (Lipinski definition) is 1. The average molecular weight is 342 g/mol. The Morgan fingerprint density at radius 1 is 1.52 bits per heavy atom. The van der Waals surface area contributed by atoms with Gasteiger partial charge in [-0.1, -0.05) is 32.4 Å². The maximum absolute atomic E-state index is 12.3. The van der Waals surface area contributed by atoms with Crippen LogP contribution in [0, 0.1) is 11.3 Å². The highest BCUT2D eigenvalue weighted by atomic mass is 35.5. The molecule has 1 N–H and O–H groups in total. The summed E-state index contributed by atoms with van der Waals surface area (Å²) in [6.07, 6.45) is 3.03. The van der Waals surface area contributed by atoms with E-state index in [1.165, 1.54) is 0 Å². The van der Waals surface area contributed by atoms with Crippen LogP contribution in [0.4, 0.5) is 4.79 Å². The average Bonchev–Trinajstić information content (AvgIpc) is 3.02. The maximum Gasteiger partial charge on any atom is 0.317 e. The number of carbonyl (C=O) groups excluding carboxylic acids is 1. The maximum atomic E-state index is 12.3. The van der Waals surface area contributed by atoms with Gasteiger partial charge in [0.05, 0.1) is 17.7 Å². The number of nitrogens with zero attached hydrogens (tertiary/aromatic N) is 2. The molecule has 0 bridgehead atoms. The van der Waals surface area contributed by atoms with Crippen molar-refractivity contribution in [2.75, 3.05) is 20.2 Å². The minimum atomic E-state index is -0.0677. The Balaban J connectivity index is 1.85. The zero-order valence-corrected chi connectivity index (χ0v) is 15.5. The number of rotatable bonds is 4.